The summed E-state index contributed by atoms with van der Waals surface area (Å²) in [5.41, 5.74) is 0.280. The number of alkyl halides is 3. The first-order valence-electron chi connectivity index (χ1n) is 12.2. The SMILES string of the molecule is CC.O[C@H](CN1CCC[C@H](COc2ccc(C(F)(F)F)cc2)C1)C1(c2ccc(Cl)cc2)CCC1. The molecule has 0 amide bonds. The molecule has 2 aromatic carbocycles. The molecule has 1 saturated carbocycles. The maximum absolute atomic E-state index is 12.7. The van der Waals surface area contributed by atoms with E-state index in [1.54, 1.807) is 0 Å². The molecule has 2 atom stereocenters. The van der Waals surface area contributed by atoms with Crippen LogP contribution in [0.5, 0.6) is 5.75 Å². The van der Waals surface area contributed by atoms with Crippen molar-refractivity contribution in [3.63, 3.8) is 0 Å². The van der Waals surface area contributed by atoms with Crippen LogP contribution in [0, 0.1) is 5.92 Å². The summed E-state index contributed by atoms with van der Waals surface area (Å²) < 4.78 is 43.9. The number of rotatable bonds is 7. The molecule has 3 nitrogen and oxygen atoms in total. The molecule has 34 heavy (non-hydrogen) atoms. The third kappa shape index (κ3) is 6.46. The first-order chi connectivity index (χ1) is 16.3. The monoisotopic (exact) mass is 497 g/mol. The van der Waals surface area contributed by atoms with Crippen LogP contribution in [0.1, 0.15) is 57.1 Å². The first-order valence-corrected chi connectivity index (χ1v) is 12.6. The number of nitrogens with zero attached hydrogens (tertiary/aromatic N) is 1. The van der Waals surface area contributed by atoms with Gasteiger partial charge in [0, 0.05) is 29.4 Å². The Balaban J connectivity index is 0.00000158. The van der Waals surface area contributed by atoms with Crippen molar-refractivity contribution in [3.05, 3.63) is 64.7 Å². The van der Waals surface area contributed by atoms with Crippen LogP contribution in [0.4, 0.5) is 13.2 Å². The highest BCUT2D eigenvalue weighted by atomic mass is 35.5. The molecule has 4 rings (SSSR count). The molecule has 0 spiro atoms. The van der Waals surface area contributed by atoms with E-state index in [1.165, 1.54) is 12.1 Å². The second-order valence-corrected chi connectivity index (χ2v) is 9.57. The highest BCUT2D eigenvalue weighted by molar-refractivity contribution is 6.30. The maximum Gasteiger partial charge on any atom is 0.416 e. The number of halogens is 4. The Bertz CT molecular complexity index is 882. The lowest BCUT2D eigenvalue weighted by Crippen LogP contribution is -2.52. The van der Waals surface area contributed by atoms with Crippen LogP contribution < -0.4 is 4.74 Å². The van der Waals surface area contributed by atoms with Gasteiger partial charge in [0.2, 0.25) is 0 Å². The maximum atomic E-state index is 12.7. The number of aliphatic hydroxyl groups excluding tert-OH is 1. The fraction of sp³-hybridized carbons (Fsp3) is 0.556. The number of piperidine rings is 1. The molecule has 188 valence electrons. The smallest absolute Gasteiger partial charge is 0.416 e. The van der Waals surface area contributed by atoms with Crippen molar-refractivity contribution in [2.24, 2.45) is 5.92 Å². The van der Waals surface area contributed by atoms with Gasteiger partial charge < -0.3 is 14.7 Å². The van der Waals surface area contributed by atoms with E-state index in [4.69, 9.17) is 16.3 Å². The van der Waals surface area contributed by atoms with Crippen LogP contribution in [-0.4, -0.2) is 42.4 Å². The lowest BCUT2D eigenvalue weighted by Gasteiger charge is -2.48. The molecule has 1 aliphatic heterocycles. The van der Waals surface area contributed by atoms with Crippen molar-refractivity contribution in [1.82, 2.24) is 4.90 Å². The highest BCUT2D eigenvalue weighted by Gasteiger charge is 2.45. The Morgan fingerprint density at radius 3 is 2.26 bits per heavy atom. The minimum Gasteiger partial charge on any atom is -0.493 e. The standard InChI is InChI=1S/C25H29ClF3NO2.C2H6/c26-21-8-4-19(5-9-21)24(12-2-13-24)23(31)16-30-14-1-3-18(15-30)17-32-22-10-6-20(7-11-22)25(27,28)29;1-2/h4-11,18,23,31H,1-3,12-17H2;1-2H3/t18-,23+;/m0./s1. The molecular weight excluding hydrogens is 463 g/mol. The van der Waals surface area contributed by atoms with Crippen LogP contribution in [0.3, 0.4) is 0 Å². The molecule has 0 bridgehead atoms. The first kappa shape index (κ1) is 26.8. The van der Waals surface area contributed by atoms with E-state index in [0.29, 0.717) is 23.9 Å². The lowest BCUT2D eigenvalue weighted by molar-refractivity contribution is -0.137. The number of benzene rings is 2. The third-order valence-electron chi connectivity index (χ3n) is 7.00. The van der Waals surface area contributed by atoms with Crippen molar-refractivity contribution < 1.29 is 23.0 Å². The van der Waals surface area contributed by atoms with Gasteiger partial charge in [0.15, 0.2) is 0 Å². The van der Waals surface area contributed by atoms with Crippen LogP contribution in [0.15, 0.2) is 48.5 Å². The summed E-state index contributed by atoms with van der Waals surface area (Å²) in [6.07, 6.45) is 0.300. The highest BCUT2D eigenvalue weighted by Crippen LogP contribution is 2.47. The molecule has 0 unspecified atom stereocenters. The van der Waals surface area contributed by atoms with E-state index in [-0.39, 0.29) is 11.3 Å². The fourth-order valence-corrected chi connectivity index (χ4v) is 5.11. The van der Waals surface area contributed by atoms with Gasteiger partial charge in [-0.1, -0.05) is 44.0 Å². The predicted octanol–water partition coefficient (Wildman–Crippen LogP) is 6.96. The molecule has 1 heterocycles. The van der Waals surface area contributed by atoms with Gasteiger partial charge in [-0.15, -0.1) is 0 Å². The van der Waals surface area contributed by atoms with Crippen molar-refractivity contribution in [1.29, 1.82) is 0 Å². The second kappa shape index (κ2) is 11.8. The number of β-amino-alcohol motifs (C(OH)–C–C–N with tert-alkyl or cyclic N) is 1. The molecular formula is C27H35ClF3NO2. The molecule has 0 radical (unpaired) electrons. The predicted molar refractivity (Wildman–Crippen MR) is 130 cm³/mol. The summed E-state index contributed by atoms with van der Waals surface area (Å²) in [4.78, 5) is 2.30. The van der Waals surface area contributed by atoms with Crippen LogP contribution in [-0.2, 0) is 11.6 Å². The number of aliphatic hydroxyl groups is 1. The summed E-state index contributed by atoms with van der Waals surface area (Å²) in [7, 11) is 0. The Morgan fingerprint density at radius 2 is 1.71 bits per heavy atom. The molecule has 0 aromatic heterocycles. The average molecular weight is 498 g/mol. The molecule has 1 N–H and O–H groups in total. The zero-order valence-electron chi connectivity index (χ0n) is 20.0. The molecule has 7 heteroatoms. The van der Waals surface area contributed by atoms with Gasteiger partial charge in [0.1, 0.15) is 5.75 Å². The number of likely N-dealkylation sites (tertiary alicyclic amines) is 1. The van der Waals surface area contributed by atoms with Gasteiger partial charge in [0.25, 0.3) is 0 Å². The van der Waals surface area contributed by atoms with E-state index in [9.17, 15) is 18.3 Å². The van der Waals surface area contributed by atoms with Gasteiger partial charge in [-0.05, 0) is 74.2 Å². The van der Waals surface area contributed by atoms with Gasteiger partial charge in [-0.2, -0.15) is 13.2 Å². The number of hydrogen-bond donors (Lipinski definition) is 1. The zero-order valence-corrected chi connectivity index (χ0v) is 20.7. The van der Waals surface area contributed by atoms with Gasteiger partial charge in [-0.3, -0.25) is 0 Å². The Labute approximate surface area is 205 Å². The van der Waals surface area contributed by atoms with Gasteiger partial charge >= 0.3 is 6.18 Å². The summed E-state index contributed by atoms with van der Waals surface area (Å²) in [5, 5.41) is 11.9. The van der Waals surface area contributed by atoms with E-state index in [0.717, 1.165) is 62.9 Å². The normalized spacial score (nSPS) is 21.1. The second-order valence-electron chi connectivity index (χ2n) is 9.13. The van der Waals surface area contributed by atoms with Crippen LogP contribution in [0.25, 0.3) is 0 Å². The average Bonchev–Trinajstić information content (AvgIpc) is 2.79. The topological polar surface area (TPSA) is 32.7 Å². The zero-order chi connectivity index (χ0) is 24.8. The number of ether oxygens (including phenoxy) is 1. The van der Waals surface area contributed by atoms with E-state index < -0.39 is 17.8 Å². The molecule has 1 saturated heterocycles. The van der Waals surface area contributed by atoms with Gasteiger partial charge in [-0.25, -0.2) is 0 Å². The van der Waals surface area contributed by atoms with E-state index in [1.807, 2.05) is 38.1 Å². The van der Waals surface area contributed by atoms with Crippen LogP contribution >= 0.6 is 11.6 Å². The lowest BCUT2D eigenvalue weighted by atomic mass is 9.61. The van der Waals surface area contributed by atoms with Gasteiger partial charge in [0.05, 0.1) is 18.3 Å². The summed E-state index contributed by atoms with van der Waals surface area (Å²) >= 11 is 6.04. The van der Waals surface area contributed by atoms with Crippen molar-refractivity contribution in [3.8, 4) is 5.75 Å². The fourth-order valence-electron chi connectivity index (χ4n) is 4.98. The minimum atomic E-state index is -4.34. The van der Waals surface area contributed by atoms with E-state index >= 15 is 0 Å². The quantitative estimate of drug-likeness (QED) is 0.449. The Morgan fingerprint density at radius 1 is 1.06 bits per heavy atom. The number of hydrogen-bond acceptors (Lipinski definition) is 3. The minimum absolute atomic E-state index is 0.200. The van der Waals surface area contributed by atoms with Crippen molar-refractivity contribution in [2.75, 3.05) is 26.2 Å². The largest absolute Gasteiger partial charge is 0.493 e. The molecule has 2 aromatic rings. The molecule has 1 aliphatic carbocycles. The van der Waals surface area contributed by atoms with Crippen molar-refractivity contribution in [2.45, 2.75) is 63.6 Å². The van der Waals surface area contributed by atoms with E-state index in [2.05, 4.69) is 4.90 Å². The third-order valence-corrected chi connectivity index (χ3v) is 7.26. The molecule has 2 fully saturated rings. The molecule has 2 aliphatic rings. The Hall–Kier alpha value is -1.76. The summed E-state index contributed by atoms with van der Waals surface area (Å²) in [6, 6.07) is 12.7. The Kier molecular flexibility index (Phi) is 9.30. The summed E-state index contributed by atoms with van der Waals surface area (Å²) in [6.45, 7) is 6.82. The van der Waals surface area contributed by atoms with Crippen LogP contribution in [0.2, 0.25) is 5.02 Å². The van der Waals surface area contributed by atoms with Crippen molar-refractivity contribution >= 4 is 11.6 Å². The summed E-state index contributed by atoms with van der Waals surface area (Å²) in [5.74, 6) is 0.734.